The lowest BCUT2D eigenvalue weighted by molar-refractivity contribution is -0.127. The van der Waals surface area contributed by atoms with Crippen LogP contribution in [0.2, 0.25) is 0 Å². The van der Waals surface area contributed by atoms with Crippen LogP contribution < -0.4 is 21.3 Å². The summed E-state index contributed by atoms with van der Waals surface area (Å²) in [5.41, 5.74) is 0. The van der Waals surface area contributed by atoms with E-state index in [1.807, 2.05) is 0 Å². The van der Waals surface area contributed by atoms with Gasteiger partial charge in [-0.3, -0.25) is 19.2 Å². The van der Waals surface area contributed by atoms with Gasteiger partial charge in [-0.15, -0.1) is 0 Å². The van der Waals surface area contributed by atoms with E-state index in [0.717, 1.165) is 91.8 Å². The maximum absolute atomic E-state index is 12.0. The quantitative estimate of drug-likeness (QED) is 0.176. The minimum atomic E-state index is 0.119. The molecule has 57 heavy (non-hydrogen) atoms. The van der Waals surface area contributed by atoms with Gasteiger partial charge in [-0.25, -0.2) is 0 Å². The second-order valence-electron chi connectivity index (χ2n) is 20.8. The molecule has 0 saturated heterocycles. The monoisotopic (exact) mass is 799 g/mol. The molecule has 330 valence electrons. The largest absolute Gasteiger partial charge is 0.359 e. The second-order valence-corrected chi connectivity index (χ2v) is 20.8. The summed E-state index contributed by atoms with van der Waals surface area (Å²) in [4.78, 5) is 45.9. The van der Waals surface area contributed by atoms with Crippen LogP contribution in [0.25, 0.3) is 0 Å². The van der Waals surface area contributed by atoms with Crippen LogP contribution in [-0.4, -0.2) is 48.8 Å². The zero-order valence-electron chi connectivity index (χ0n) is 38.7. The third-order valence-corrected chi connectivity index (χ3v) is 15.0. The maximum Gasteiger partial charge on any atom is 0.223 e. The van der Waals surface area contributed by atoms with Gasteiger partial charge in [0.2, 0.25) is 23.6 Å². The van der Waals surface area contributed by atoms with Gasteiger partial charge in [0.15, 0.2) is 0 Å². The van der Waals surface area contributed by atoms with E-state index in [1.165, 1.54) is 83.5 Å². The van der Waals surface area contributed by atoms with Crippen molar-refractivity contribution in [2.75, 3.05) is 7.05 Å². The first kappa shape index (κ1) is 49.2. The Hall–Kier alpha value is -2.12. The number of hydrogen-bond donors (Lipinski definition) is 4. The molecule has 0 radical (unpaired) electrons. The van der Waals surface area contributed by atoms with Gasteiger partial charge in [0.05, 0.1) is 0 Å². The first-order chi connectivity index (χ1) is 27.0. The molecule has 2 unspecified atom stereocenters. The molecule has 6 aliphatic carbocycles. The third kappa shape index (κ3) is 18.4. The molecular weight excluding hydrogens is 709 g/mol. The van der Waals surface area contributed by atoms with Crippen LogP contribution in [-0.2, 0) is 19.2 Å². The average molecular weight is 799 g/mol. The van der Waals surface area contributed by atoms with E-state index in [2.05, 4.69) is 83.6 Å². The zero-order valence-corrected chi connectivity index (χ0v) is 38.7. The van der Waals surface area contributed by atoms with Crippen molar-refractivity contribution in [3.8, 4) is 0 Å². The standard InChI is InChI=1S/C14H25NO.C13H23NO.2C11H21NO/c1-9(2)11-4-6-12(7-5-11)14(16)15-13-8-10(13)3;1-9(2)10-3-5-11(6-4-10)13(15)14-12-7-8-12;1-8(2)9-4-6-10(7-5-9)11(13)12-3;1-8(2)10-4-6-11(7-5-10)12-9(3)13/h9-13H,4-8H2,1-3H3,(H,15,16);9-12H,3-8H2,1-2H3,(H,14,15);8-10H,4-7H2,1-3H3,(H,12,13);8,10-11H,4-7H2,1-3H3,(H,12,13). The van der Waals surface area contributed by atoms with Crippen molar-refractivity contribution in [3.05, 3.63) is 0 Å². The van der Waals surface area contributed by atoms with Gasteiger partial charge in [-0.2, -0.15) is 0 Å². The minimum absolute atomic E-state index is 0.119. The molecule has 4 N–H and O–H groups in total. The van der Waals surface area contributed by atoms with E-state index in [0.29, 0.717) is 47.7 Å². The van der Waals surface area contributed by atoms with Gasteiger partial charge in [-0.05, 0) is 175 Å². The summed E-state index contributed by atoms with van der Waals surface area (Å²) in [6, 6.07) is 1.48. The zero-order chi connectivity index (χ0) is 42.2. The Labute approximate surface area is 350 Å². The molecule has 8 nitrogen and oxygen atoms in total. The number of amides is 4. The summed E-state index contributed by atoms with van der Waals surface area (Å²) in [5, 5.41) is 12.0. The normalized spacial score (nSPS) is 32.3. The second kappa shape index (κ2) is 24.8. The highest BCUT2D eigenvalue weighted by Crippen LogP contribution is 2.37. The van der Waals surface area contributed by atoms with Crippen LogP contribution in [0.3, 0.4) is 0 Å². The number of carbonyl (C=O) groups excluding carboxylic acids is 4. The van der Waals surface area contributed by atoms with Crippen LogP contribution in [0.5, 0.6) is 0 Å². The fourth-order valence-electron chi connectivity index (χ4n) is 9.94. The molecule has 6 rings (SSSR count). The van der Waals surface area contributed by atoms with Gasteiger partial charge in [-0.1, -0.05) is 62.3 Å². The summed E-state index contributed by atoms with van der Waals surface area (Å²) in [5.74, 6) is 9.25. The molecule has 0 bridgehead atoms. The molecular formula is C49H90N4O4. The molecule has 4 amide bonds. The first-order valence-corrected chi connectivity index (χ1v) is 24.1. The van der Waals surface area contributed by atoms with E-state index in [9.17, 15) is 19.2 Å². The van der Waals surface area contributed by atoms with Gasteiger partial charge < -0.3 is 21.3 Å². The molecule has 0 aliphatic heterocycles. The Morgan fingerprint density at radius 2 is 0.702 bits per heavy atom. The number of rotatable bonds is 10. The predicted octanol–water partition coefficient (Wildman–Crippen LogP) is 10.2. The maximum atomic E-state index is 12.0. The fourth-order valence-corrected chi connectivity index (χ4v) is 9.94. The molecule has 6 aliphatic rings. The lowest BCUT2D eigenvalue weighted by Crippen LogP contribution is -2.36. The van der Waals surface area contributed by atoms with Crippen LogP contribution in [0.1, 0.15) is 191 Å². The van der Waals surface area contributed by atoms with Gasteiger partial charge in [0, 0.05) is 49.9 Å². The van der Waals surface area contributed by atoms with Gasteiger partial charge >= 0.3 is 0 Å². The third-order valence-electron chi connectivity index (χ3n) is 15.0. The summed E-state index contributed by atoms with van der Waals surface area (Å²) in [7, 11) is 1.73. The fraction of sp³-hybridized carbons (Fsp3) is 0.918. The van der Waals surface area contributed by atoms with Crippen LogP contribution in [0, 0.1) is 71.0 Å². The Morgan fingerprint density at radius 3 is 0.982 bits per heavy atom. The highest BCUT2D eigenvalue weighted by Gasteiger charge is 2.37. The molecule has 0 spiro atoms. The Balaban J connectivity index is 0.000000205. The van der Waals surface area contributed by atoms with E-state index in [1.54, 1.807) is 14.0 Å². The topological polar surface area (TPSA) is 116 Å². The minimum Gasteiger partial charge on any atom is -0.359 e. The number of nitrogens with one attached hydrogen (secondary N) is 4. The molecule has 0 aromatic carbocycles. The van der Waals surface area contributed by atoms with Crippen LogP contribution in [0.4, 0.5) is 0 Å². The molecule has 6 fully saturated rings. The van der Waals surface area contributed by atoms with E-state index >= 15 is 0 Å². The molecule has 6 saturated carbocycles. The van der Waals surface area contributed by atoms with Crippen molar-refractivity contribution in [3.63, 3.8) is 0 Å². The number of hydrogen-bond acceptors (Lipinski definition) is 4. The lowest BCUT2D eigenvalue weighted by atomic mass is 9.77. The molecule has 0 aromatic rings. The van der Waals surface area contributed by atoms with E-state index < -0.39 is 0 Å². The molecule has 8 heteroatoms. The average Bonchev–Trinajstić information content (AvgIpc) is 4.14. The van der Waals surface area contributed by atoms with Crippen molar-refractivity contribution < 1.29 is 19.2 Å². The summed E-state index contributed by atoms with van der Waals surface area (Å²) < 4.78 is 0. The van der Waals surface area contributed by atoms with Crippen molar-refractivity contribution in [1.29, 1.82) is 0 Å². The molecule has 0 heterocycles. The van der Waals surface area contributed by atoms with Gasteiger partial charge in [0.25, 0.3) is 0 Å². The van der Waals surface area contributed by atoms with Crippen molar-refractivity contribution >= 4 is 23.6 Å². The highest BCUT2D eigenvalue weighted by atomic mass is 16.2. The highest BCUT2D eigenvalue weighted by molar-refractivity contribution is 5.80. The SMILES string of the molecule is CC(=O)NC1CCC(C(C)C)CC1.CC(C)C1CCC(C(=O)NC2CC2)CC1.CC(C)C1CCC(C(=O)NC2CC2C)CC1.CNC(=O)C1CCC(C(C)C)CC1. The first-order valence-electron chi connectivity index (χ1n) is 24.1. The van der Waals surface area contributed by atoms with Crippen molar-refractivity contribution in [2.45, 2.75) is 209 Å². The number of carbonyl (C=O) groups is 4. The lowest BCUT2D eigenvalue weighted by Gasteiger charge is -2.31. The van der Waals surface area contributed by atoms with Crippen LogP contribution >= 0.6 is 0 Å². The smallest absolute Gasteiger partial charge is 0.223 e. The van der Waals surface area contributed by atoms with E-state index in [4.69, 9.17) is 0 Å². The van der Waals surface area contributed by atoms with Crippen molar-refractivity contribution in [2.24, 2.45) is 71.0 Å². The summed E-state index contributed by atoms with van der Waals surface area (Å²) in [6.45, 7) is 22.2. The van der Waals surface area contributed by atoms with E-state index in [-0.39, 0.29) is 11.8 Å². The Morgan fingerprint density at radius 1 is 0.421 bits per heavy atom. The summed E-state index contributed by atoms with van der Waals surface area (Å²) >= 11 is 0. The van der Waals surface area contributed by atoms with Crippen molar-refractivity contribution in [1.82, 2.24) is 21.3 Å². The Bertz CT molecular complexity index is 1180. The Kier molecular flexibility index (Phi) is 21.5. The predicted molar refractivity (Wildman–Crippen MR) is 236 cm³/mol. The molecule has 0 aromatic heterocycles. The van der Waals surface area contributed by atoms with Crippen LogP contribution in [0.15, 0.2) is 0 Å². The molecule has 2 atom stereocenters. The van der Waals surface area contributed by atoms with Gasteiger partial charge in [0.1, 0.15) is 0 Å². The summed E-state index contributed by atoms with van der Waals surface area (Å²) in [6.07, 6.45) is 22.6.